The number of nitrogens with one attached hydrogen (secondary N) is 2. The Kier molecular flexibility index (Phi) is 18.1. The number of carboxylic acids is 1. The largest absolute Gasteiger partial charge is 0.492 e. The van der Waals surface area contributed by atoms with Crippen LogP contribution in [0, 0.1) is 11.8 Å². The van der Waals surface area contributed by atoms with E-state index in [1.165, 1.54) is 18.9 Å². The minimum Gasteiger partial charge on any atom is -0.492 e. The Morgan fingerprint density at radius 3 is 2.14 bits per heavy atom. The van der Waals surface area contributed by atoms with E-state index < -0.39 is 71.8 Å². The molecular formula is C50H58ClN5O10. The predicted molar refractivity (Wildman–Crippen MR) is 250 cm³/mol. The summed E-state index contributed by atoms with van der Waals surface area (Å²) >= 11 is 6.07. The molecule has 0 fully saturated rings. The fraction of sp³-hybridized carbons (Fsp3) is 0.380. The van der Waals surface area contributed by atoms with E-state index in [1.54, 1.807) is 86.6 Å². The van der Waals surface area contributed by atoms with Gasteiger partial charge in [-0.15, -0.1) is 0 Å². The van der Waals surface area contributed by atoms with Gasteiger partial charge in [0.2, 0.25) is 11.8 Å². The number of ether oxygens (including phenoxy) is 2. The van der Waals surface area contributed by atoms with Crippen molar-refractivity contribution in [1.29, 1.82) is 0 Å². The lowest BCUT2D eigenvalue weighted by atomic mass is 9.88. The van der Waals surface area contributed by atoms with Crippen LogP contribution in [-0.4, -0.2) is 96.5 Å². The third-order valence-corrected chi connectivity index (χ3v) is 11.8. The summed E-state index contributed by atoms with van der Waals surface area (Å²) in [5, 5.41) is 15.9. The molecule has 16 heteroatoms. The number of hydrogen-bond acceptors (Lipinski definition) is 11. The van der Waals surface area contributed by atoms with Crippen molar-refractivity contribution in [3.05, 3.63) is 107 Å². The Bertz CT molecular complexity index is 2410. The minimum absolute atomic E-state index is 0.00954. The van der Waals surface area contributed by atoms with Crippen molar-refractivity contribution in [2.24, 2.45) is 23.3 Å². The number of halogens is 1. The predicted octanol–water partition coefficient (Wildman–Crippen LogP) is 5.72. The summed E-state index contributed by atoms with van der Waals surface area (Å²) in [7, 11) is 1.45. The molecule has 0 saturated carbocycles. The zero-order chi connectivity index (χ0) is 48.1. The fourth-order valence-electron chi connectivity index (χ4n) is 7.74. The Balaban J connectivity index is 1.60. The Hall–Kier alpha value is -6.42. The first-order valence-corrected chi connectivity index (χ1v) is 22.3. The number of carboxylic acid groups (broad SMARTS) is 1. The number of nitrogens with zero attached hydrogens (tertiary/aromatic N) is 1. The third-order valence-electron chi connectivity index (χ3n) is 11.6. The molecular weight excluding hydrogens is 866 g/mol. The number of hydrogen-bond donors (Lipinski definition) is 5. The first-order chi connectivity index (χ1) is 31.5. The first-order valence-electron chi connectivity index (χ1n) is 22.0. The standard InChI is InChI=1S/C50H58ClN5O10/c1-29(31(3)57)23-42(58)41-26-32-8-18-45(66-28-46(60)61)38(25-32)39-27-36(15-19-44(39)65-22-21-53)47(43(59)24-30(2)48(62)55-41)56(4)50(64)40(7-5-6-20-52)54-49(63)35-11-9-33(10-12-35)34-13-16-37(51)17-14-34/h8-19,25,27,29-30,40-41,47H,5-7,20-24,26,28,52-53H2,1-4H3,(H,54,63)(H,55,62)(H,60,61)/t29-,30-,40+,41+,47+/m1/s1. The molecule has 1 aliphatic heterocycles. The second kappa shape index (κ2) is 23.7. The number of benzene rings is 4. The van der Waals surface area contributed by atoms with E-state index in [2.05, 4.69) is 10.6 Å². The van der Waals surface area contributed by atoms with Crippen LogP contribution in [0.4, 0.5) is 0 Å². The number of carbonyl (C=O) groups is 7. The Morgan fingerprint density at radius 2 is 1.50 bits per heavy atom. The summed E-state index contributed by atoms with van der Waals surface area (Å²) in [6, 6.07) is 20.4. The monoisotopic (exact) mass is 923 g/mol. The first kappa shape index (κ1) is 50.6. The van der Waals surface area contributed by atoms with Crippen LogP contribution in [0.15, 0.2) is 84.9 Å². The molecule has 4 aromatic rings. The topological polar surface area (TPSA) is 238 Å². The van der Waals surface area contributed by atoms with Gasteiger partial charge >= 0.3 is 5.97 Å². The summed E-state index contributed by atoms with van der Waals surface area (Å²) in [5.74, 6) is -5.22. The maximum absolute atomic E-state index is 14.8. The molecule has 3 amide bonds. The van der Waals surface area contributed by atoms with Crippen molar-refractivity contribution in [3.63, 3.8) is 0 Å². The van der Waals surface area contributed by atoms with Crippen molar-refractivity contribution >= 4 is 52.6 Å². The van der Waals surface area contributed by atoms with E-state index in [0.717, 1.165) is 11.1 Å². The van der Waals surface area contributed by atoms with Gasteiger partial charge in [-0.1, -0.05) is 61.8 Å². The number of aliphatic carboxylic acids is 1. The number of unbranched alkanes of at least 4 members (excludes halogenated alkanes) is 1. The van der Waals surface area contributed by atoms with Crippen LogP contribution in [-0.2, 0) is 35.2 Å². The summed E-state index contributed by atoms with van der Waals surface area (Å²) in [4.78, 5) is 96.3. The van der Waals surface area contributed by atoms with Gasteiger partial charge < -0.3 is 41.6 Å². The quantitative estimate of drug-likeness (QED) is 0.0710. The molecule has 350 valence electrons. The maximum atomic E-state index is 14.8. The van der Waals surface area contributed by atoms with Gasteiger partial charge in [-0.25, -0.2) is 4.79 Å². The van der Waals surface area contributed by atoms with Gasteiger partial charge in [0, 0.05) is 60.0 Å². The number of ketones is 3. The average molecular weight is 924 g/mol. The number of nitrogens with two attached hydrogens (primary N) is 2. The van der Waals surface area contributed by atoms with Crippen LogP contribution in [0.3, 0.4) is 0 Å². The molecule has 15 nitrogen and oxygen atoms in total. The lowest BCUT2D eigenvalue weighted by Crippen LogP contribution is -2.50. The van der Waals surface area contributed by atoms with Crippen LogP contribution >= 0.6 is 11.6 Å². The lowest BCUT2D eigenvalue weighted by Gasteiger charge is -2.32. The molecule has 0 saturated heterocycles. The smallest absolute Gasteiger partial charge is 0.341 e. The second-order valence-electron chi connectivity index (χ2n) is 16.7. The minimum atomic E-state index is -1.33. The molecule has 0 spiro atoms. The number of carbonyl (C=O) groups excluding carboxylic acids is 6. The second-order valence-corrected chi connectivity index (χ2v) is 17.1. The maximum Gasteiger partial charge on any atom is 0.341 e. The van der Waals surface area contributed by atoms with Crippen LogP contribution in [0.5, 0.6) is 11.5 Å². The highest BCUT2D eigenvalue weighted by molar-refractivity contribution is 6.30. The van der Waals surface area contributed by atoms with Crippen molar-refractivity contribution in [1.82, 2.24) is 15.5 Å². The van der Waals surface area contributed by atoms with Gasteiger partial charge in [-0.3, -0.25) is 28.8 Å². The lowest BCUT2D eigenvalue weighted by molar-refractivity contribution is -0.141. The molecule has 7 N–H and O–H groups in total. The molecule has 4 aromatic carbocycles. The normalized spacial score (nSPS) is 17.0. The van der Waals surface area contributed by atoms with Gasteiger partial charge in [0.05, 0.1) is 6.04 Å². The van der Waals surface area contributed by atoms with E-state index >= 15 is 0 Å². The van der Waals surface area contributed by atoms with Gasteiger partial charge in [-0.2, -0.15) is 0 Å². The highest BCUT2D eigenvalue weighted by Gasteiger charge is 2.36. The van der Waals surface area contributed by atoms with Crippen molar-refractivity contribution in [3.8, 4) is 33.8 Å². The molecule has 5 atom stereocenters. The van der Waals surface area contributed by atoms with E-state index in [4.69, 9.17) is 32.5 Å². The summed E-state index contributed by atoms with van der Waals surface area (Å²) in [6.07, 6.45) is 0.716. The van der Waals surface area contributed by atoms with Crippen LogP contribution < -0.4 is 31.6 Å². The number of rotatable bonds is 19. The van der Waals surface area contributed by atoms with Gasteiger partial charge in [0.15, 0.2) is 18.2 Å². The third kappa shape index (κ3) is 13.3. The molecule has 66 heavy (non-hydrogen) atoms. The highest BCUT2D eigenvalue weighted by atomic mass is 35.5. The van der Waals surface area contributed by atoms with E-state index in [0.29, 0.717) is 58.0 Å². The van der Waals surface area contributed by atoms with E-state index in [1.807, 2.05) is 12.1 Å². The molecule has 0 radical (unpaired) electrons. The van der Waals surface area contributed by atoms with Crippen LogP contribution in [0.1, 0.15) is 80.4 Å². The van der Waals surface area contributed by atoms with Gasteiger partial charge in [0.25, 0.3) is 5.91 Å². The molecule has 0 aliphatic carbocycles. The Morgan fingerprint density at radius 1 is 0.864 bits per heavy atom. The molecule has 0 unspecified atom stereocenters. The SMILES string of the molecule is CC(=O)[C@H](C)CC(=O)[C@@H]1Cc2ccc(OCC(=O)O)c(c2)-c2cc(ccc2OCCN)[C@H](N(C)C(=O)[C@H](CCCCN)NC(=O)c2ccc(-c3ccc(Cl)cc3)cc2)C(=O)C[C@@H](C)C(=O)N1. The fourth-order valence-corrected chi connectivity index (χ4v) is 7.86. The number of amides is 3. The zero-order valence-corrected chi connectivity index (χ0v) is 38.4. The molecule has 0 aromatic heterocycles. The number of likely N-dealkylation sites (N-methyl/N-ethyl adjacent to an activating group) is 1. The summed E-state index contributed by atoms with van der Waals surface area (Å²) in [6.45, 7) is 4.43. The van der Waals surface area contributed by atoms with Crippen LogP contribution in [0.2, 0.25) is 5.02 Å². The highest BCUT2D eigenvalue weighted by Crippen LogP contribution is 2.41. The number of Topliss-reactive ketones (excluding diaryl/α,β-unsaturated/α-hetero) is 3. The summed E-state index contributed by atoms with van der Waals surface area (Å²) < 4.78 is 11.9. The molecule has 4 bridgehead atoms. The van der Waals surface area contributed by atoms with Crippen molar-refractivity contribution in [2.45, 2.75) is 77.4 Å². The summed E-state index contributed by atoms with van der Waals surface area (Å²) in [5.41, 5.74) is 15.3. The molecule has 5 rings (SSSR count). The molecule has 1 aliphatic rings. The van der Waals surface area contributed by atoms with Gasteiger partial charge in [0.1, 0.15) is 36.0 Å². The Labute approximate surface area is 389 Å². The van der Waals surface area contributed by atoms with Gasteiger partial charge in [-0.05, 0) is 110 Å². The van der Waals surface area contributed by atoms with Crippen molar-refractivity contribution < 1.29 is 48.1 Å². The van der Waals surface area contributed by atoms with E-state index in [9.17, 15) is 38.7 Å². The van der Waals surface area contributed by atoms with E-state index in [-0.39, 0.29) is 50.4 Å². The average Bonchev–Trinajstić information content (AvgIpc) is 3.29. The van der Waals surface area contributed by atoms with Crippen molar-refractivity contribution in [2.75, 3.05) is 33.4 Å². The zero-order valence-electron chi connectivity index (χ0n) is 37.6. The number of fused-ring (bicyclic) bond motifs is 5. The van der Waals surface area contributed by atoms with Crippen LogP contribution in [0.25, 0.3) is 22.3 Å². The molecule has 1 heterocycles.